The van der Waals surface area contributed by atoms with Crippen LogP contribution in [0.5, 0.6) is 11.5 Å². The summed E-state index contributed by atoms with van der Waals surface area (Å²) in [5.41, 5.74) is -0.199. The van der Waals surface area contributed by atoms with E-state index in [2.05, 4.69) is 15.5 Å². The van der Waals surface area contributed by atoms with E-state index >= 15 is 0 Å². The van der Waals surface area contributed by atoms with Gasteiger partial charge in [-0.15, -0.1) is 0 Å². The molecule has 1 aliphatic rings. The zero-order valence-corrected chi connectivity index (χ0v) is 18.9. The zero-order valence-electron chi connectivity index (χ0n) is 17.4. The first-order chi connectivity index (χ1) is 15.5. The van der Waals surface area contributed by atoms with E-state index in [-0.39, 0.29) is 24.5 Å². The molecule has 0 aliphatic heterocycles. The van der Waals surface area contributed by atoms with Gasteiger partial charge in [0.25, 0.3) is 5.91 Å². The molecule has 0 bridgehead atoms. The Morgan fingerprint density at radius 3 is 2.22 bits per heavy atom. The van der Waals surface area contributed by atoms with Crippen molar-refractivity contribution >= 4 is 29.1 Å². The smallest absolute Gasteiger partial charge is 0.257 e. The van der Waals surface area contributed by atoms with Gasteiger partial charge < -0.3 is 19.3 Å². The van der Waals surface area contributed by atoms with Crippen LogP contribution in [0.25, 0.3) is 0 Å². The van der Waals surface area contributed by atoms with Gasteiger partial charge in [0.05, 0.1) is 5.41 Å². The number of nitrogens with zero attached hydrogens (tertiary/aromatic N) is 2. The molecule has 0 spiro atoms. The summed E-state index contributed by atoms with van der Waals surface area (Å²) >= 11 is 11.7. The van der Waals surface area contributed by atoms with Gasteiger partial charge in [-0.25, -0.2) is 0 Å². The molecule has 168 valence electrons. The Bertz CT molecular complexity index is 1030. The molecule has 2 aromatic carbocycles. The Hall–Kier alpha value is -2.77. The van der Waals surface area contributed by atoms with Crippen molar-refractivity contribution in [2.24, 2.45) is 0 Å². The van der Waals surface area contributed by atoms with E-state index in [0.29, 0.717) is 39.8 Å². The normalized spacial score (nSPS) is 14.4. The number of aromatic nitrogens is 2. The standard InChI is InChI=1S/C23H23Cl2N3O4/c24-16-2-6-18(7-3-16)30-14-20-27-22(32-28-20)23(10-1-11-23)12-13-26-21(29)15-31-19-8-4-17(25)5-9-19/h2-9H,1,10-15H2,(H,26,29). The molecule has 0 radical (unpaired) electrons. The number of carbonyl (C=O) groups excluding carboxylic acids is 1. The Kier molecular flexibility index (Phi) is 7.17. The van der Waals surface area contributed by atoms with Crippen LogP contribution in [0.15, 0.2) is 53.1 Å². The molecule has 1 N–H and O–H groups in total. The van der Waals surface area contributed by atoms with Gasteiger partial charge in [0.2, 0.25) is 11.7 Å². The highest BCUT2D eigenvalue weighted by Crippen LogP contribution is 2.45. The summed E-state index contributed by atoms with van der Waals surface area (Å²) in [4.78, 5) is 16.7. The summed E-state index contributed by atoms with van der Waals surface area (Å²) in [6.07, 6.45) is 3.71. The molecule has 1 saturated carbocycles. The maximum absolute atomic E-state index is 12.1. The van der Waals surface area contributed by atoms with Crippen molar-refractivity contribution in [3.8, 4) is 11.5 Å². The SMILES string of the molecule is O=C(COc1ccc(Cl)cc1)NCCC1(c2nc(COc3ccc(Cl)cc3)no2)CCC1. The number of ether oxygens (including phenoxy) is 2. The first kappa shape index (κ1) is 22.4. The first-order valence-electron chi connectivity index (χ1n) is 10.4. The second-order valence-electron chi connectivity index (χ2n) is 7.73. The van der Waals surface area contributed by atoms with Gasteiger partial charge >= 0.3 is 0 Å². The minimum Gasteiger partial charge on any atom is -0.485 e. The van der Waals surface area contributed by atoms with Gasteiger partial charge in [0.15, 0.2) is 13.2 Å². The van der Waals surface area contributed by atoms with Crippen LogP contribution >= 0.6 is 23.2 Å². The molecule has 32 heavy (non-hydrogen) atoms. The lowest BCUT2D eigenvalue weighted by molar-refractivity contribution is -0.123. The number of hydrogen-bond donors (Lipinski definition) is 1. The maximum atomic E-state index is 12.1. The Labute approximate surface area is 196 Å². The third-order valence-electron chi connectivity index (χ3n) is 5.52. The van der Waals surface area contributed by atoms with Gasteiger partial charge in [0.1, 0.15) is 11.5 Å². The number of carbonyl (C=O) groups is 1. The molecule has 1 heterocycles. The van der Waals surface area contributed by atoms with Gasteiger partial charge in [-0.3, -0.25) is 4.79 Å². The van der Waals surface area contributed by atoms with Gasteiger partial charge in [-0.2, -0.15) is 4.98 Å². The van der Waals surface area contributed by atoms with Crippen molar-refractivity contribution in [2.75, 3.05) is 13.2 Å². The van der Waals surface area contributed by atoms with Crippen LogP contribution in [0.1, 0.15) is 37.4 Å². The summed E-state index contributed by atoms with van der Waals surface area (Å²) in [6, 6.07) is 14.0. The van der Waals surface area contributed by atoms with Crippen LogP contribution in [0.4, 0.5) is 0 Å². The van der Waals surface area contributed by atoms with Crippen LogP contribution in [0, 0.1) is 0 Å². The summed E-state index contributed by atoms with van der Waals surface area (Å²) in [5.74, 6) is 2.19. The Balaban J connectivity index is 1.24. The van der Waals surface area contributed by atoms with E-state index in [0.717, 1.165) is 25.7 Å². The topological polar surface area (TPSA) is 86.5 Å². The summed E-state index contributed by atoms with van der Waals surface area (Å²) in [5, 5.41) is 8.22. The van der Waals surface area contributed by atoms with E-state index in [1.165, 1.54) is 0 Å². The fourth-order valence-corrected chi connectivity index (χ4v) is 3.80. The lowest BCUT2D eigenvalue weighted by Crippen LogP contribution is -2.39. The summed E-state index contributed by atoms with van der Waals surface area (Å²) in [6.45, 7) is 0.656. The van der Waals surface area contributed by atoms with Crippen LogP contribution in [-0.4, -0.2) is 29.2 Å². The number of benzene rings is 2. The van der Waals surface area contributed by atoms with Crippen molar-refractivity contribution in [1.29, 1.82) is 0 Å². The highest BCUT2D eigenvalue weighted by Gasteiger charge is 2.43. The monoisotopic (exact) mass is 475 g/mol. The number of rotatable bonds is 10. The average molecular weight is 476 g/mol. The van der Waals surface area contributed by atoms with Crippen molar-refractivity contribution in [3.63, 3.8) is 0 Å². The summed E-state index contributed by atoms with van der Waals surface area (Å²) in [7, 11) is 0. The van der Waals surface area contributed by atoms with E-state index in [9.17, 15) is 4.79 Å². The highest BCUT2D eigenvalue weighted by atomic mass is 35.5. The lowest BCUT2D eigenvalue weighted by Gasteiger charge is -2.38. The number of amides is 1. The van der Waals surface area contributed by atoms with Crippen LogP contribution < -0.4 is 14.8 Å². The quantitative estimate of drug-likeness (QED) is 0.445. The molecule has 1 amide bonds. The van der Waals surface area contributed by atoms with E-state index in [1.807, 2.05) is 0 Å². The predicted octanol–water partition coefficient (Wildman–Crippen LogP) is 4.96. The second-order valence-corrected chi connectivity index (χ2v) is 8.61. The van der Waals surface area contributed by atoms with Gasteiger partial charge in [-0.1, -0.05) is 34.8 Å². The largest absolute Gasteiger partial charge is 0.485 e. The molecule has 1 aliphatic carbocycles. The molecule has 4 rings (SSSR count). The molecule has 1 aromatic heterocycles. The lowest BCUT2D eigenvalue weighted by atomic mass is 9.66. The molecule has 0 atom stereocenters. The van der Waals surface area contributed by atoms with Crippen LogP contribution in [0.3, 0.4) is 0 Å². The van der Waals surface area contributed by atoms with E-state index in [1.54, 1.807) is 48.5 Å². The number of halogens is 2. The first-order valence-corrected chi connectivity index (χ1v) is 11.1. The molecule has 1 fully saturated rings. The van der Waals surface area contributed by atoms with Crippen molar-refractivity contribution < 1.29 is 18.8 Å². The third kappa shape index (κ3) is 5.72. The molecule has 0 unspecified atom stereocenters. The fourth-order valence-electron chi connectivity index (χ4n) is 3.55. The Morgan fingerprint density at radius 1 is 1.00 bits per heavy atom. The molecule has 0 saturated heterocycles. The van der Waals surface area contributed by atoms with Crippen molar-refractivity contribution in [2.45, 2.75) is 37.7 Å². The van der Waals surface area contributed by atoms with Gasteiger partial charge in [-0.05, 0) is 67.8 Å². The van der Waals surface area contributed by atoms with Crippen LogP contribution in [-0.2, 0) is 16.8 Å². The fraction of sp³-hybridized carbons (Fsp3) is 0.348. The van der Waals surface area contributed by atoms with Crippen LogP contribution in [0.2, 0.25) is 10.0 Å². The second kappa shape index (κ2) is 10.2. The number of hydrogen-bond acceptors (Lipinski definition) is 6. The summed E-state index contributed by atoms with van der Waals surface area (Å²) < 4.78 is 16.7. The zero-order chi connectivity index (χ0) is 22.4. The molecule has 7 nitrogen and oxygen atoms in total. The van der Waals surface area contributed by atoms with Crippen molar-refractivity contribution in [3.05, 3.63) is 70.3 Å². The third-order valence-corrected chi connectivity index (χ3v) is 6.03. The molecular formula is C23H23Cl2N3O4. The highest BCUT2D eigenvalue weighted by molar-refractivity contribution is 6.30. The molecular weight excluding hydrogens is 453 g/mol. The molecule has 9 heteroatoms. The van der Waals surface area contributed by atoms with Crippen molar-refractivity contribution in [1.82, 2.24) is 15.5 Å². The predicted molar refractivity (Wildman–Crippen MR) is 120 cm³/mol. The van der Waals surface area contributed by atoms with Gasteiger partial charge in [0, 0.05) is 16.6 Å². The average Bonchev–Trinajstić information content (AvgIpc) is 3.24. The minimum atomic E-state index is -0.199. The Morgan fingerprint density at radius 2 is 1.62 bits per heavy atom. The van der Waals surface area contributed by atoms with E-state index in [4.69, 9.17) is 37.2 Å². The molecule has 3 aromatic rings. The minimum absolute atomic E-state index is 0.0542. The maximum Gasteiger partial charge on any atom is 0.257 e. The van der Waals surface area contributed by atoms with E-state index < -0.39 is 0 Å². The number of nitrogens with one attached hydrogen (secondary N) is 1.